The number of hydroxylamine groups is 1. The molecule has 160 valence electrons. The largest absolute Gasteiger partial charge is 0.357 e. The van der Waals surface area contributed by atoms with E-state index >= 15 is 0 Å². The molecule has 1 aliphatic carbocycles. The van der Waals surface area contributed by atoms with Crippen molar-refractivity contribution in [1.82, 2.24) is 15.7 Å². The maximum absolute atomic E-state index is 12.7. The van der Waals surface area contributed by atoms with E-state index in [1.807, 2.05) is 24.3 Å². The third-order valence-corrected chi connectivity index (χ3v) is 5.29. The molecule has 2 aromatic carbocycles. The minimum absolute atomic E-state index is 0.170. The number of nitrogens with zero attached hydrogens (tertiary/aromatic N) is 1. The van der Waals surface area contributed by atoms with Crippen molar-refractivity contribution in [2.45, 2.75) is 24.4 Å². The van der Waals surface area contributed by atoms with Gasteiger partial charge in [0.05, 0.1) is 0 Å². The van der Waals surface area contributed by atoms with E-state index < -0.39 is 23.8 Å². The van der Waals surface area contributed by atoms with Crippen LogP contribution in [0.25, 0.3) is 0 Å². The molecule has 0 heterocycles. The Morgan fingerprint density at radius 2 is 1.52 bits per heavy atom. The molecule has 0 saturated heterocycles. The van der Waals surface area contributed by atoms with Crippen molar-refractivity contribution in [3.8, 4) is 11.8 Å². The minimum atomic E-state index is -1.51. The molecule has 1 atom stereocenters. The summed E-state index contributed by atoms with van der Waals surface area (Å²) < 4.78 is 0. The number of nitrogens with one attached hydrogen (secondary N) is 2. The average Bonchev–Trinajstić information content (AvgIpc) is 3.56. The fraction of sp³-hybridized carbons (Fsp3) is 0.261. The molecule has 5 N–H and O–H groups in total. The number of nitrogens with two attached hydrogens (primary N) is 1. The van der Waals surface area contributed by atoms with Crippen LogP contribution in [-0.4, -0.2) is 48.0 Å². The van der Waals surface area contributed by atoms with Gasteiger partial charge in [0.25, 0.3) is 17.7 Å². The molecule has 3 rings (SSSR count). The van der Waals surface area contributed by atoms with Gasteiger partial charge in [0.2, 0.25) is 0 Å². The van der Waals surface area contributed by atoms with Crippen LogP contribution in [0.2, 0.25) is 0 Å². The highest BCUT2D eigenvalue weighted by atomic mass is 16.5. The van der Waals surface area contributed by atoms with Gasteiger partial charge in [-0.15, -0.1) is 0 Å². The first-order valence-electron chi connectivity index (χ1n) is 9.73. The fourth-order valence-corrected chi connectivity index (χ4v) is 3.14. The van der Waals surface area contributed by atoms with Gasteiger partial charge in [0.15, 0.2) is 6.04 Å². The van der Waals surface area contributed by atoms with Gasteiger partial charge in [0.1, 0.15) is 0 Å². The third-order valence-electron chi connectivity index (χ3n) is 5.29. The Kier molecular flexibility index (Phi) is 6.39. The van der Waals surface area contributed by atoms with E-state index in [0.29, 0.717) is 5.56 Å². The lowest BCUT2D eigenvalue weighted by molar-refractivity contribution is -0.140. The second-order valence-corrected chi connectivity index (χ2v) is 7.47. The molecule has 0 aromatic heterocycles. The standard InChI is InChI=1S/C23H24N4O4/c1-25-20(28)19(21(29)26-31)27(2)22(30)17-9-5-15(6-10-17)3-4-16-7-11-18(12-8-16)23(24)13-14-23/h5-12,19,31H,13-14,24H2,1-2H3,(H,25,28)(H,26,29). The van der Waals surface area contributed by atoms with Crippen molar-refractivity contribution in [2.24, 2.45) is 5.73 Å². The SMILES string of the molecule is CNC(=O)C(C(=O)NO)N(C)C(=O)c1ccc(C#Cc2ccc(C3(N)CC3)cc2)cc1. The van der Waals surface area contributed by atoms with Crippen molar-refractivity contribution in [3.05, 3.63) is 70.8 Å². The normalized spacial score (nSPS) is 14.5. The molecule has 1 fully saturated rings. The van der Waals surface area contributed by atoms with Gasteiger partial charge in [-0.1, -0.05) is 24.0 Å². The Morgan fingerprint density at radius 3 is 1.97 bits per heavy atom. The number of carbonyl (C=O) groups is 3. The quantitative estimate of drug-likeness (QED) is 0.246. The van der Waals surface area contributed by atoms with Crippen LogP contribution in [0.15, 0.2) is 48.5 Å². The van der Waals surface area contributed by atoms with Crippen LogP contribution in [0.1, 0.15) is 39.9 Å². The molecule has 0 bridgehead atoms. The van der Waals surface area contributed by atoms with E-state index in [-0.39, 0.29) is 11.1 Å². The maximum atomic E-state index is 12.7. The van der Waals surface area contributed by atoms with Gasteiger partial charge in [-0.25, -0.2) is 5.48 Å². The van der Waals surface area contributed by atoms with Gasteiger partial charge in [-0.2, -0.15) is 0 Å². The number of carbonyl (C=O) groups excluding carboxylic acids is 3. The van der Waals surface area contributed by atoms with Crippen LogP contribution in [-0.2, 0) is 15.1 Å². The zero-order chi connectivity index (χ0) is 22.6. The summed E-state index contributed by atoms with van der Waals surface area (Å²) in [6.45, 7) is 0. The van der Waals surface area contributed by atoms with E-state index in [4.69, 9.17) is 10.9 Å². The van der Waals surface area contributed by atoms with E-state index in [1.165, 1.54) is 19.6 Å². The summed E-state index contributed by atoms with van der Waals surface area (Å²) in [5.74, 6) is 3.83. The zero-order valence-electron chi connectivity index (χ0n) is 17.3. The first-order valence-corrected chi connectivity index (χ1v) is 9.73. The summed E-state index contributed by atoms with van der Waals surface area (Å²) in [5.41, 5.74) is 10.4. The van der Waals surface area contributed by atoms with Gasteiger partial charge < -0.3 is 16.0 Å². The number of likely N-dealkylation sites (N-methyl/N-ethyl adjacent to an activating group) is 2. The first kappa shape index (κ1) is 22.0. The minimum Gasteiger partial charge on any atom is -0.357 e. The Morgan fingerprint density at radius 1 is 1.00 bits per heavy atom. The summed E-state index contributed by atoms with van der Waals surface area (Å²) in [6, 6.07) is 12.9. The molecule has 8 heteroatoms. The Hall–Kier alpha value is -3.67. The molecule has 0 aliphatic heterocycles. The van der Waals surface area contributed by atoms with Gasteiger partial charge in [-0.05, 0) is 54.8 Å². The highest BCUT2D eigenvalue weighted by Crippen LogP contribution is 2.42. The monoisotopic (exact) mass is 420 g/mol. The van der Waals surface area contributed by atoms with Gasteiger partial charge >= 0.3 is 0 Å². The van der Waals surface area contributed by atoms with Crippen molar-refractivity contribution in [1.29, 1.82) is 0 Å². The van der Waals surface area contributed by atoms with Crippen molar-refractivity contribution >= 4 is 17.7 Å². The molecule has 1 saturated carbocycles. The summed E-state index contributed by atoms with van der Waals surface area (Å²) in [5, 5.41) is 11.2. The van der Waals surface area contributed by atoms with Crippen LogP contribution >= 0.6 is 0 Å². The molecule has 2 aromatic rings. The lowest BCUT2D eigenvalue weighted by Gasteiger charge is -2.25. The Labute approximate surface area is 180 Å². The molecular weight excluding hydrogens is 396 g/mol. The molecular formula is C23H24N4O4. The molecule has 0 radical (unpaired) electrons. The van der Waals surface area contributed by atoms with Crippen molar-refractivity contribution in [3.63, 3.8) is 0 Å². The lowest BCUT2D eigenvalue weighted by atomic mass is 10.0. The highest BCUT2D eigenvalue weighted by Gasteiger charge is 2.39. The maximum Gasteiger partial charge on any atom is 0.275 e. The van der Waals surface area contributed by atoms with E-state index in [2.05, 4.69) is 17.2 Å². The van der Waals surface area contributed by atoms with Crippen LogP contribution in [0, 0.1) is 11.8 Å². The van der Waals surface area contributed by atoms with E-state index in [9.17, 15) is 14.4 Å². The zero-order valence-corrected chi connectivity index (χ0v) is 17.3. The molecule has 1 aliphatic rings. The van der Waals surface area contributed by atoms with Crippen LogP contribution in [0.5, 0.6) is 0 Å². The average molecular weight is 420 g/mol. The number of hydrogen-bond acceptors (Lipinski definition) is 5. The van der Waals surface area contributed by atoms with Gasteiger partial charge in [-0.3, -0.25) is 19.6 Å². The summed E-state index contributed by atoms with van der Waals surface area (Å²) in [6.07, 6.45) is 2.01. The lowest BCUT2D eigenvalue weighted by Crippen LogP contribution is -2.54. The third kappa shape index (κ3) is 4.91. The van der Waals surface area contributed by atoms with Crippen LogP contribution in [0.4, 0.5) is 0 Å². The first-order chi connectivity index (χ1) is 14.8. The Balaban J connectivity index is 1.71. The molecule has 1 unspecified atom stereocenters. The summed E-state index contributed by atoms with van der Waals surface area (Å²) in [7, 11) is 2.64. The highest BCUT2D eigenvalue weighted by molar-refractivity contribution is 6.08. The number of hydrogen-bond donors (Lipinski definition) is 4. The number of benzene rings is 2. The molecule has 0 spiro atoms. The number of amides is 3. The Bertz CT molecular complexity index is 1030. The van der Waals surface area contributed by atoms with Gasteiger partial charge in [0, 0.05) is 36.3 Å². The fourth-order valence-electron chi connectivity index (χ4n) is 3.14. The second kappa shape index (κ2) is 9.00. The van der Waals surface area contributed by atoms with Crippen LogP contribution < -0.4 is 16.5 Å². The van der Waals surface area contributed by atoms with E-state index in [0.717, 1.165) is 28.9 Å². The van der Waals surface area contributed by atoms with E-state index in [1.54, 1.807) is 24.3 Å². The second-order valence-electron chi connectivity index (χ2n) is 7.47. The van der Waals surface area contributed by atoms with Crippen molar-refractivity contribution in [2.75, 3.05) is 14.1 Å². The smallest absolute Gasteiger partial charge is 0.275 e. The molecule has 31 heavy (non-hydrogen) atoms. The predicted molar refractivity (Wildman–Crippen MR) is 114 cm³/mol. The number of rotatable bonds is 5. The topological polar surface area (TPSA) is 125 Å². The summed E-state index contributed by atoms with van der Waals surface area (Å²) >= 11 is 0. The van der Waals surface area contributed by atoms with Crippen molar-refractivity contribution < 1.29 is 19.6 Å². The summed E-state index contributed by atoms with van der Waals surface area (Å²) in [4.78, 5) is 37.4. The molecule has 8 nitrogen and oxygen atoms in total. The predicted octanol–water partition coefficient (Wildman–Crippen LogP) is 0.726. The van der Waals surface area contributed by atoms with Crippen LogP contribution in [0.3, 0.4) is 0 Å². The molecule has 3 amide bonds.